The molecule has 20 heavy (non-hydrogen) atoms. The van der Waals surface area contributed by atoms with E-state index in [9.17, 15) is 9.59 Å². The molecule has 0 heterocycles. The summed E-state index contributed by atoms with van der Waals surface area (Å²) in [6, 6.07) is 3.03. The van der Waals surface area contributed by atoms with Crippen LogP contribution < -0.4 is 15.4 Å². The normalized spacial score (nSPS) is 10.0. The number of halogens is 1. The average Bonchev–Trinajstić information content (AvgIpc) is 2.40. The van der Waals surface area contributed by atoms with Gasteiger partial charge in [-0.15, -0.1) is 0 Å². The molecule has 0 aliphatic carbocycles. The van der Waals surface area contributed by atoms with Crippen LogP contribution in [0.4, 0.5) is 5.69 Å². The summed E-state index contributed by atoms with van der Waals surface area (Å²) >= 11 is 6.06. The summed E-state index contributed by atoms with van der Waals surface area (Å²) in [5.74, 6) is -0.118. The number of benzene rings is 1. The molecular weight excluding hydrogens is 280 g/mol. The number of hydrogen-bond acceptors (Lipinski definition) is 3. The highest BCUT2D eigenvalue weighted by molar-refractivity contribution is 6.34. The number of anilines is 1. The Morgan fingerprint density at radius 3 is 2.60 bits per heavy atom. The summed E-state index contributed by atoms with van der Waals surface area (Å²) in [5, 5.41) is 5.67. The van der Waals surface area contributed by atoms with Crippen LogP contribution >= 0.6 is 11.6 Å². The molecule has 0 aliphatic rings. The van der Waals surface area contributed by atoms with E-state index in [1.54, 1.807) is 6.07 Å². The second-order valence-electron chi connectivity index (χ2n) is 4.32. The van der Waals surface area contributed by atoms with Crippen LogP contribution in [0.2, 0.25) is 5.02 Å². The molecule has 0 fully saturated rings. The number of rotatable bonds is 6. The highest BCUT2D eigenvalue weighted by atomic mass is 35.5. The Balaban J connectivity index is 2.99. The van der Waals surface area contributed by atoms with Crippen LogP contribution in [0.3, 0.4) is 0 Å². The SMILES string of the molecule is CCCCNC(=O)c1cc(Cl)c(NC(C)=O)cc1OC. The molecule has 0 bridgehead atoms. The summed E-state index contributed by atoms with van der Waals surface area (Å²) in [6.07, 6.45) is 1.91. The number of ether oxygens (including phenoxy) is 1. The zero-order valence-corrected chi connectivity index (χ0v) is 12.6. The summed E-state index contributed by atoms with van der Waals surface area (Å²) in [6.45, 7) is 4.03. The monoisotopic (exact) mass is 298 g/mol. The van der Waals surface area contributed by atoms with E-state index in [0.29, 0.717) is 28.6 Å². The lowest BCUT2D eigenvalue weighted by molar-refractivity contribution is -0.114. The Morgan fingerprint density at radius 2 is 2.05 bits per heavy atom. The third-order valence-electron chi connectivity index (χ3n) is 2.66. The lowest BCUT2D eigenvalue weighted by Crippen LogP contribution is -2.25. The van der Waals surface area contributed by atoms with Crippen molar-refractivity contribution in [3.05, 3.63) is 22.7 Å². The van der Waals surface area contributed by atoms with Crippen molar-refractivity contribution in [2.45, 2.75) is 26.7 Å². The van der Waals surface area contributed by atoms with Gasteiger partial charge in [-0.2, -0.15) is 0 Å². The number of methoxy groups -OCH3 is 1. The van der Waals surface area contributed by atoms with Gasteiger partial charge in [0.1, 0.15) is 5.75 Å². The van der Waals surface area contributed by atoms with E-state index in [-0.39, 0.29) is 11.8 Å². The van der Waals surface area contributed by atoms with Crippen LogP contribution in [0, 0.1) is 0 Å². The van der Waals surface area contributed by atoms with Gasteiger partial charge in [-0.05, 0) is 12.5 Å². The topological polar surface area (TPSA) is 67.4 Å². The number of nitrogens with one attached hydrogen (secondary N) is 2. The Labute approximate surface area is 123 Å². The minimum atomic E-state index is -0.244. The van der Waals surface area contributed by atoms with Crippen molar-refractivity contribution in [1.29, 1.82) is 0 Å². The molecule has 2 amide bonds. The predicted octanol–water partition coefficient (Wildman–Crippen LogP) is 2.84. The molecule has 0 spiro atoms. The van der Waals surface area contributed by atoms with Gasteiger partial charge in [-0.1, -0.05) is 24.9 Å². The zero-order valence-electron chi connectivity index (χ0n) is 11.9. The van der Waals surface area contributed by atoms with Crippen LogP contribution in [-0.4, -0.2) is 25.5 Å². The lowest BCUT2D eigenvalue weighted by Gasteiger charge is -2.13. The second-order valence-corrected chi connectivity index (χ2v) is 4.73. The van der Waals surface area contributed by atoms with Crippen molar-refractivity contribution >= 4 is 29.1 Å². The highest BCUT2D eigenvalue weighted by Crippen LogP contribution is 2.31. The van der Waals surface area contributed by atoms with E-state index < -0.39 is 0 Å². The van der Waals surface area contributed by atoms with Crippen molar-refractivity contribution in [1.82, 2.24) is 5.32 Å². The van der Waals surface area contributed by atoms with E-state index in [0.717, 1.165) is 12.8 Å². The van der Waals surface area contributed by atoms with Gasteiger partial charge in [0.25, 0.3) is 5.91 Å². The molecule has 1 aromatic rings. The lowest BCUT2D eigenvalue weighted by atomic mass is 10.1. The zero-order chi connectivity index (χ0) is 15.1. The Bertz CT molecular complexity index is 503. The Hall–Kier alpha value is -1.75. The van der Waals surface area contributed by atoms with Crippen molar-refractivity contribution in [3.63, 3.8) is 0 Å². The van der Waals surface area contributed by atoms with Crippen molar-refractivity contribution in [2.75, 3.05) is 19.0 Å². The average molecular weight is 299 g/mol. The van der Waals surface area contributed by atoms with Crippen molar-refractivity contribution < 1.29 is 14.3 Å². The molecule has 1 rings (SSSR count). The molecule has 0 atom stereocenters. The molecule has 0 radical (unpaired) electrons. The largest absolute Gasteiger partial charge is 0.496 e. The second kappa shape index (κ2) is 7.75. The number of carbonyl (C=O) groups is 2. The molecule has 0 unspecified atom stereocenters. The van der Waals surface area contributed by atoms with Gasteiger partial charge in [0, 0.05) is 19.5 Å². The Morgan fingerprint density at radius 1 is 1.35 bits per heavy atom. The van der Waals surface area contributed by atoms with Crippen LogP contribution in [0.1, 0.15) is 37.0 Å². The molecule has 0 aliphatic heterocycles. The minimum absolute atomic E-state index is 0.242. The van der Waals surface area contributed by atoms with Gasteiger partial charge in [0.15, 0.2) is 0 Å². The van der Waals surface area contributed by atoms with Crippen LogP contribution in [0.15, 0.2) is 12.1 Å². The maximum Gasteiger partial charge on any atom is 0.255 e. The van der Waals surface area contributed by atoms with Crippen LogP contribution in [0.5, 0.6) is 5.75 Å². The maximum absolute atomic E-state index is 12.0. The fourth-order valence-corrected chi connectivity index (χ4v) is 1.87. The summed E-state index contributed by atoms with van der Waals surface area (Å²) in [7, 11) is 1.46. The predicted molar refractivity (Wildman–Crippen MR) is 79.5 cm³/mol. The number of unbranched alkanes of at least 4 members (excludes halogenated alkanes) is 1. The molecule has 110 valence electrons. The van der Waals surface area contributed by atoms with Gasteiger partial charge in [-0.3, -0.25) is 9.59 Å². The molecule has 0 saturated heterocycles. The Kier molecular flexibility index (Phi) is 6.31. The smallest absolute Gasteiger partial charge is 0.255 e. The van der Waals surface area contributed by atoms with Crippen LogP contribution in [-0.2, 0) is 4.79 Å². The summed E-state index contributed by atoms with van der Waals surface area (Å²) < 4.78 is 5.18. The first kappa shape index (κ1) is 16.3. The third-order valence-corrected chi connectivity index (χ3v) is 2.97. The molecule has 6 heteroatoms. The molecule has 1 aromatic carbocycles. The van der Waals surface area contributed by atoms with Crippen molar-refractivity contribution in [3.8, 4) is 5.75 Å². The van der Waals surface area contributed by atoms with E-state index in [1.807, 2.05) is 6.92 Å². The van der Waals surface area contributed by atoms with E-state index >= 15 is 0 Å². The van der Waals surface area contributed by atoms with Gasteiger partial charge >= 0.3 is 0 Å². The first-order valence-corrected chi connectivity index (χ1v) is 6.80. The molecule has 5 nitrogen and oxygen atoms in total. The standard InChI is InChI=1S/C14H19ClN2O3/c1-4-5-6-16-14(19)10-7-11(15)12(17-9(2)18)8-13(10)20-3/h7-8H,4-6H2,1-3H3,(H,16,19)(H,17,18). The fourth-order valence-electron chi connectivity index (χ4n) is 1.66. The molecule has 0 saturated carbocycles. The van der Waals surface area contributed by atoms with E-state index in [4.69, 9.17) is 16.3 Å². The molecule has 0 aromatic heterocycles. The first-order chi connectivity index (χ1) is 9.49. The van der Waals surface area contributed by atoms with Crippen LogP contribution in [0.25, 0.3) is 0 Å². The number of hydrogen-bond donors (Lipinski definition) is 2. The molecule has 2 N–H and O–H groups in total. The van der Waals surface area contributed by atoms with Gasteiger partial charge in [-0.25, -0.2) is 0 Å². The van der Waals surface area contributed by atoms with Gasteiger partial charge < -0.3 is 15.4 Å². The summed E-state index contributed by atoms with van der Waals surface area (Å²) in [4.78, 5) is 23.1. The molecular formula is C14H19ClN2O3. The van der Waals surface area contributed by atoms with Gasteiger partial charge in [0.05, 0.1) is 23.4 Å². The number of amides is 2. The van der Waals surface area contributed by atoms with E-state index in [1.165, 1.54) is 20.1 Å². The highest BCUT2D eigenvalue weighted by Gasteiger charge is 2.16. The van der Waals surface area contributed by atoms with Crippen molar-refractivity contribution in [2.24, 2.45) is 0 Å². The fraction of sp³-hybridized carbons (Fsp3) is 0.429. The minimum Gasteiger partial charge on any atom is -0.496 e. The quantitative estimate of drug-likeness (QED) is 0.794. The third kappa shape index (κ3) is 4.42. The van der Waals surface area contributed by atoms with E-state index in [2.05, 4.69) is 10.6 Å². The first-order valence-electron chi connectivity index (χ1n) is 6.42. The van der Waals surface area contributed by atoms with Gasteiger partial charge in [0.2, 0.25) is 5.91 Å². The summed E-state index contributed by atoms with van der Waals surface area (Å²) in [5.41, 5.74) is 0.767. The maximum atomic E-state index is 12.0. The number of carbonyl (C=O) groups excluding carboxylic acids is 2.